The van der Waals surface area contributed by atoms with Gasteiger partial charge in [-0.1, -0.05) is 31.9 Å². The Morgan fingerprint density at radius 2 is 1.53 bits per heavy atom. The van der Waals surface area contributed by atoms with Gasteiger partial charge in [-0.25, -0.2) is 8.78 Å². The molecule has 0 nitrogen and oxygen atoms in total. The molecule has 0 N–H and O–H groups in total. The minimum absolute atomic E-state index is 0.256. The fraction of sp³-hybridized carbons (Fsp3) is 0.250. The number of rotatable bonds is 1. The lowest BCUT2D eigenvalue weighted by atomic mass is 10.1. The summed E-state index contributed by atoms with van der Waals surface area (Å²) in [5, 5.41) is 0. The van der Waals surface area contributed by atoms with Gasteiger partial charge in [-0.05, 0) is 12.1 Å². The average molecular weight is 354 g/mol. The monoisotopic (exact) mass is 352 g/mol. The summed E-state index contributed by atoms with van der Waals surface area (Å²) in [5.41, 5.74) is -1.46. The third-order valence-corrected chi connectivity index (χ3v) is 2.97. The first-order chi connectivity index (χ1) is 6.73. The smallest absolute Gasteiger partial charge is 0.205 e. The van der Waals surface area contributed by atoms with Crippen LogP contribution < -0.4 is 0 Å². The molecule has 1 aromatic carbocycles. The van der Waals surface area contributed by atoms with Gasteiger partial charge in [-0.3, -0.25) is 0 Å². The fourth-order valence-corrected chi connectivity index (χ4v) is 2.05. The van der Waals surface area contributed by atoms with Gasteiger partial charge in [0.1, 0.15) is 0 Å². The third kappa shape index (κ3) is 2.90. The van der Waals surface area contributed by atoms with E-state index >= 15 is 0 Å². The Morgan fingerprint density at radius 3 is 1.93 bits per heavy atom. The van der Waals surface area contributed by atoms with Crippen LogP contribution in [0.5, 0.6) is 0 Å². The van der Waals surface area contributed by atoms with Crippen LogP contribution in [-0.2, 0) is 6.18 Å². The number of hydrogen-bond donors (Lipinski definition) is 0. The molecule has 0 aliphatic rings. The highest BCUT2D eigenvalue weighted by Gasteiger charge is 2.34. The second-order valence-electron chi connectivity index (χ2n) is 2.65. The summed E-state index contributed by atoms with van der Waals surface area (Å²) in [5.74, 6) is 0. The molecule has 0 saturated carbocycles. The van der Waals surface area contributed by atoms with Gasteiger partial charge >= 0.3 is 6.18 Å². The molecule has 0 atom stereocenters. The minimum Gasteiger partial charge on any atom is -0.205 e. The van der Waals surface area contributed by atoms with E-state index in [1.165, 1.54) is 0 Å². The van der Waals surface area contributed by atoms with E-state index in [4.69, 9.17) is 0 Å². The molecular weight excluding hydrogens is 351 g/mol. The predicted octanol–water partition coefficient (Wildman–Crippen LogP) is 5.17. The molecule has 15 heavy (non-hydrogen) atoms. The Hall–Kier alpha value is -0.170. The van der Waals surface area contributed by atoms with Crippen LogP contribution in [0.15, 0.2) is 21.1 Å². The first kappa shape index (κ1) is 12.9. The molecule has 0 saturated heterocycles. The van der Waals surface area contributed by atoms with Crippen LogP contribution in [0, 0.1) is 0 Å². The van der Waals surface area contributed by atoms with Crippen molar-refractivity contribution in [2.45, 2.75) is 12.6 Å². The summed E-state index contributed by atoms with van der Waals surface area (Å²) in [6.07, 6.45) is -7.39. The highest BCUT2D eigenvalue weighted by Crippen LogP contribution is 2.39. The molecule has 0 radical (unpaired) electrons. The van der Waals surface area contributed by atoms with Crippen LogP contribution >= 0.6 is 31.9 Å². The summed E-state index contributed by atoms with van der Waals surface area (Å²) in [7, 11) is 0. The van der Waals surface area contributed by atoms with Gasteiger partial charge in [0.2, 0.25) is 0 Å². The van der Waals surface area contributed by atoms with Crippen molar-refractivity contribution in [3.63, 3.8) is 0 Å². The maximum atomic E-state index is 12.3. The summed E-state index contributed by atoms with van der Waals surface area (Å²) >= 11 is 5.28. The maximum Gasteiger partial charge on any atom is 0.417 e. The van der Waals surface area contributed by atoms with Crippen LogP contribution in [0.3, 0.4) is 0 Å². The van der Waals surface area contributed by atoms with Crippen molar-refractivity contribution in [3.05, 3.63) is 32.2 Å². The van der Waals surface area contributed by atoms with Gasteiger partial charge < -0.3 is 0 Å². The van der Waals surface area contributed by atoms with Crippen LogP contribution in [0.4, 0.5) is 22.0 Å². The summed E-state index contributed by atoms with van der Waals surface area (Å²) in [6.45, 7) is 0. The van der Waals surface area contributed by atoms with Gasteiger partial charge in [0.25, 0.3) is 6.43 Å². The summed E-state index contributed by atoms with van der Waals surface area (Å²) in [6, 6.07) is 1.39. The molecule has 0 aromatic heterocycles. The van der Waals surface area contributed by atoms with E-state index in [0.717, 1.165) is 6.07 Å². The van der Waals surface area contributed by atoms with Gasteiger partial charge in [-0.2, -0.15) is 13.2 Å². The predicted molar refractivity (Wildman–Crippen MR) is 51.8 cm³/mol. The third-order valence-electron chi connectivity index (χ3n) is 1.63. The molecule has 1 aromatic rings. The molecule has 7 heteroatoms. The first-order valence-electron chi connectivity index (χ1n) is 3.57. The van der Waals surface area contributed by atoms with Gasteiger partial charge in [0.15, 0.2) is 0 Å². The molecule has 0 unspecified atom stereocenters. The topological polar surface area (TPSA) is 0 Å². The second-order valence-corrected chi connectivity index (χ2v) is 4.36. The minimum atomic E-state index is -4.57. The number of alkyl halides is 5. The molecule has 0 bridgehead atoms. The van der Waals surface area contributed by atoms with Crippen LogP contribution in [0.25, 0.3) is 0 Å². The van der Waals surface area contributed by atoms with Crippen LogP contribution in [0.2, 0.25) is 0 Å². The van der Waals surface area contributed by atoms with E-state index in [1.54, 1.807) is 0 Å². The Kier molecular flexibility index (Phi) is 3.76. The zero-order chi connectivity index (χ0) is 11.8. The van der Waals surface area contributed by atoms with Crippen molar-refractivity contribution in [2.75, 3.05) is 0 Å². The molecule has 0 fully saturated rings. The van der Waals surface area contributed by atoms with Gasteiger partial charge in [0.05, 0.1) is 5.56 Å². The fourth-order valence-electron chi connectivity index (χ4n) is 0.947. The maximum absolute atomic E-state index is 12.3. The lowest BCUT2D eigenvalue weighted by molar-refractivity contribution is -0.138. The van der Waals surface area contributed by atoms with E-state index in [0.29, 0.717) is 6.07 Å². The van der Waals surface area contributed by atoms with Crippen molar-refractivity contribution in [3.8, 4) is 0 Å². The zero-order valence-corrected chi connectivity index (χ0v) is 10.0. The number of halogens is 7. The molecule has 0 amide bonds. The Bertz CT molecular complexity index is 372. The SMILES string of the molecule is FC(F)c1cc(Br)c(C(F)(F)F)cc1Br. The molecular formula is C8H3Br2F5. The molecule has 0 spiro atoms. The zero-order valence-electron chi connectivity index (χ0n) is 6.88. The quantitative estimate of drug-likeness (QED) is 0.611. The Labute approximate surface area is 98.7 Å². The van der Waals surface area contributed by atoms with E-state index in [2.05, 4.69) is 31.9 Å². The molecule has 84 valence electrons. The highest BCUT2D eigenvalue weighted by atomic mass is 79.9. The van der Waals surface area contributed by atoms with Crippen molar-refractivity contribution in [1.29, 1.82) is 0 Å². The van der Waals surface area contributed by atoms with Gasteiger partial charge in [0, 0.05) is 14.5 Å². The summed E-state index contributed by atoms with van der Waals surface area (Å²) in [4.78, 5) is 0. The lowest BCUT2D eigenvalue weighted by Crippen LogP contribution is -2.07. The van der Waals surface area contributed by atoms with E-state index in [-0.39, 0.29) is 4.47 Å². The van der Waals surface area contributed by atoms with E-state index in [9.17, 15) is 22.0 Å². The first-order valence-corrected chi connectivity index (χ1v) is 5.16. The van der Waals surface area contributed by atoms with Crippen molar-refractivity contribution >= 4 is 31.9 Å². The van der Waals surface area contributed by atoms with Crippen molar-refractivity contribution in [1.82, 2.24) is 0 Å². The molecule has 0 heterocycles. The van der Waals surface area contributed by atoms with Gasteiger partial charge in [-0.15, -0.1) is 0 Å². The van der Waals surface area contributed by atoms with E-state index in [1.807, 2.05) is 0 Å². The van der Waals surface area contributed by atoms with Crippen molar-refractivity contribution in [2.24, 2.45) is 0 Å². The molecule has 0 aliphatic carbocycles. The molecule has 1 rings (SSSR count). The number of hydrogen-bond acceptors (Lipinski definition) is 0. The molecule has 0 aliphatic heterocycles. The normalized spacial score (nSPS) is 12.3. The highest BCUT2D eigenvalue weighted by molar-refractivity contribution is 9.11. The Morgan fingerprint density at radius 1 is 1.00 bits per heavy atom. The average Bonchev–Trinajstić information content (AvgIpc) is 2.06. The Balaban J connectivity index is 3.32. The standard InChI is InChI=1S/C8H3Br2F5/c9-5-2-4(8(13,14)15)6(10)1-3(5)7(11)12/h1-2,7H. The second kappa shape index (κ2) is 4.37. The van der Waals surface area contributed by atoms with Crippen LogP contribution in [-0.4, -0.2) is 0 Å². The largest absolute Gasteiger partial charge is 0.417 e. The number of benzene rings is 1. The lowest BCUT2D eigenvalue weighted by Gasteiger charge is -2.12. The van der Waals surface area contributed by atoms with Crippen molar-refractivity contribution < 1.29 is 22.0 Å². The van der Waals surface area contributed by atoms with Crippen LogP contribution in [0.1, 0.15) is 17.6 Å². The summed E-state index contributed by atoms with van der Waals surface area (Å²) < 4.78 is 60.9. The van der Waals surface area contributed by atoms with E-state index < -0.39 is 28.2 Å².